The van der Waals surface area contributed by atoms with Crippen LogP contribution >= 0.6 is 0 Å². The molecule has 2 rings (SSSR count). The van der Waals surface area contributed by atoms with Crippen LogP contribution in [0.3, 0.4) is 0 Å². The topological polar surface area (TPSA) is 73.1 Å². The third kappa shape index (κ3) is 3.68. The second-order valence-electron chi connectivity index (χ2n) is 4.58. The van der Waals surface area contributed by atoms with Crippen LogP contribution in [0.25, 0.3) is 0 Å². The Kier molecular flexibility index (Phi) is 4.90. The van der Waals surface area contributed by atoms with E-state index in [-0.39, 0.29) is 0 Å². The molecule has 0 atom stereocenters. The number of methoxy groups -OCH3 is 1. The first-order chi connectivity index (χ1) is 9.75. The molecule has 5 heteroatoms. The monoisotopic (exact) mass is 272 g/mol. The lowest BCUT2D eigenvalue weighted by Gasteiger charge is -2.08. The summed E-state index contributed by atoms with van der Waals surface area (Å²) in [7, 11) is 1.66. The lowest BCUT2D eigenvalue weighted by Crippen LogP contribution is -2.12. The van der Waals surface area contributed by atoms with Crippen LogP contribution in [0.4, 0.5) is 5.82 Å². The summed E-state index contributed by atoms with van der Waals surface area (Å²) in [6.07, 6.45) is 2.64. The molecule has 0 saturated carbocycles. The number of hydrazine groups is 1. The number of nitrogens with zero attached hydrogens (tertiary/aromatic N) is 2. The fourth-order valence-electron chi connectivity index (χ4n) is 2.02. The second-order valence-corrected chi connectivity index (χ2v) is 4.58. The average molecular weight is 272 g/mol. The molecule has 3 N–H and O–H groups in total. The molecule has 106 valence electrons. The Labute approximate surface area is 119 Å². The molecule has 0 bridgehead atoms. The molecule has 20 heavy (non-hydrogen) atoms. The number of hydrogen-bond acceptors (Lipinski definition) is 5. The summed E-state index contributed by atoms with van der Waals surface area (Å²) in [6, 6.07) is 9.80. The largest absolute Gasteiger partial charge is 0.497 e. The highest BCUT2D eigenvalue weighted by Crippen LogP contribution is 2.15. The van der Waals surface area contributed by atoms with Crippen molar-refractivity contribution in [3.8, 4) is 5.75 Å². The first-order valence-electron chi connectivity index (χ1n) is 6.71. The summed E-state index contributed by atoms with van der Waals surface area (Å²) < 4.78 is 5.15. The Hall–Kier alpha value is -2.14. The molecule has 1 aromatic carbocycles. The van der Waals surface area contributed by atoms with Gasteiger partial charge in [0.2, 0.25) is 0 Å². The lowest BCUT2D eigenvalue weighted by molar-refractivity contribution is 0.414. The minimum absolute atomic E-state index is 0.659. The molecule has 0 aliphatic heterocycles. The maximum atomic E-state index is 5.46. The van der Waals surface area contributed by atoms with Crippen LogP contribution in [0.2, 0.25) is 0 Å². The third-order valence-electron chi connectivity index (χ3n) is 3.00. The van der Waals surface area contributed by atoms with Crippen LogP contribution in [-0.4, -0.2) is 17.1 Å². The van der Waals surface area contributed by atoms with E-state index >= 15 is 0 Å². The molecule has 1 aromatic heterocycles. The van der Waals surface area contributed by atoms with E-state index in [1.54, 1.807) is 7.11 Å². The normalized spacial score (nSPS) is 10.3. The predicted molar refractivity (Wildman–Crippen MR) is 79.6 cm³/mol. The smallest absolute Gasteiger partial charge is 0.143 e. The number of rotatable bonds is 6. The van der Waals surface area contributed by atoms with Gasteiger partial charge >= 0.3 is 0 Å². The van der Waals surface area contributed by atoms with E-state index in [2.05, 4.69) is 22.3 Å². The van der Waals surface area contributed by atoms with Gasteiger partial charge in [-0.05, 0) is 24.1 Å². The first kappa shape index (κ1) is 14.3. The Morgan fingerprint density at radius 1 is 1.20 bits per heavy atom. The predicted octanol–water partition coefficient (Wildman–Crippen LogP) is 2.31. The molecular weight excluding hydrogens is 252 g/mol. The van der Waals surface area contributed by atoms with Gasteiger partial charge in [0.25, 0.3) is 0 Å². The number of ether oxygens (including phenoxy) is 1. The number of anilines is 1. The van der Waals surface area contributed by atoms with Crippen LogP contribution in [0.15, 0.2) is 30.3 Å². The van der Waals surface area contributed by atoms with Gasteiger partial charge in [-0.3, -0.25) is 0 Å². The fraction of sp³-hybridized carbons (Fsp3) is 0.333. The zero-order valence-corrected chi connectivity index (χ0v) is 11.9. The van der Waals surface area contributed by atoms with E-state index in [1.165, 1.54) is 0 Å². The van der Waals surface area contributed by atoms with Gasteiger partial charge in [-0.2, -0.15) is 0 Å². The molecule has 0 spiro atoms. The minimum atomic E-state index is 0.659. The zero-order valence-electron chi connectivity index (χ0n) is 11.9. The molecule has 0 amide bonds. The van der Waals surface area contributed by atoms with Crippen LogP contribution in [0.1, 0.15) is 30.4 Å². The van der Waals surface area contributed by atoms with Gasteiger partial charge in [-0.1, -0.05) is 25.5 Å². The van der Waals surface area contributed by atoms with Crippen molar-refractivity contribution in [1.29, 1.82) is 0 Å². The summed E-state index contributed by atoms with van der Waals surface area (Å²) in [5.41, 5.74) is 4.75. The van der Waals surface area contributed by atoms with E-state index in [0.717, 1.165) is 35.7 Å². The van der Waals surface area contributed by atoms with Gasteiger partial charge in [0.1, 0.15) is 17.4 Å². The highest BCUT2D eigenvalue weighted by molar-refractivity contribution is 5.36. The number of nitrogen functional groups attached to an aromatic ring is 1. The van der Waals surface area contributed by atoms with Gasteiger partial charge < -0.3 is 10.2 Å². The van der Waals surface area contributed by atoms with Gasteiger partial charge in [0.15, 0.2) is 0 Å². The van der Waals surface area contributed by atoms with Crippen molar-refractivity contribution in [2.75, 3.05) is 12.5 Å². The minimum Gasteiger partial charge on any atom is -0.497 e. The molecule has 0 aliphatic carbocycles. The van der Waals surface area contributed by atoms with Crippen LogP contribution in [0.5, 0.6) is 5.75 Å². The standard InChI is InChI=1S/C15H20N4O/c1-3-4-12-10-15(19-16)18-14(17-12)9-11-5-7-13(20-2)8-6-11/h5-8,10H,3-4,9,16H2,1-2H3,(H,17,18,19). The second kappa shape index (κ2) is 6.86. The van der Waals surface area contributed by atoms with Crippen molar-refractivity contribution in [3.05, 3.63) is 47.4 Å². The average Bonchev–Trinajstić information content (AvgIpc) is 2.48. The van der Waals surface area contributed by atoms with E-state index < -0.39 is 0 Å². The number of aryl methyl sites for hydroxylation is 1. The molecule has 0 aliphatic rings. The van der Waals surface area contributed by atoms with Crippen molar-refractivity contribution in [3.63, 3.8) is 0 Å². The van der Waals surface area contributed by atoms with E-state index in [0.29, 0.717) is 12.2 Å². The van der Waals surface area contributed by atoms with Crippen molar-refractivity contribution < 1.29 is 4.74 Å². The fourth-order valence-corrected chi connectivity index (χ4v) is 2.02. The molecule has 0 fully saturated rings. The number of hydrogen-bond donors (Lipinski definition) is 2. The van der Waals surface area contributed by atoms with Crippen molar-refractivity contribution >= 4 is 5.82 Å². The van der Waals surface area contributed by atoms with Gasteiger partial charge in [-0.15, -0.1) is 0 Å². The van der Waals surface area contributed by atoms with E-state index in [1.807, 2.05) is 30.3 Å². The van der Waals surface area contributed by atoms with Crippen LogP contribution in [0, 0.1) is 0 Å². The number of benzene rings is 1. The number of nitrogens with one attached hydrogen (secondary N) is 1. The Balaban J connectivity index is 2.20. The van der Waals surface area contributed by atoms with Crippen LogP contribution < -0.4 is 16.0 Å². The van der Waals surface area contributed by atoms with Gasteiger partial charge in [0.05, 0.1) is 7.11 Å². The summed E-state index contributed by atoms with van der Waals surface area (Å²) in [5, 5.41) is 0. The molecule has 2 aromatic rings. The third-order valence-corrected chi connectivity index (χ3v) is 3.00. The summed E-state index contributed by atoms with van der Waals surface area (Å²) in [6.45, 7) is 2.13. The highest BCUT2D eigenvalue weighted by Gasteiger charge is 2.05. The van der Waals surface area contributed by atoms with Crippen molar-refractivity contribution in [1.82, 2.24) is 9.97 Å². The summed E-state index contributed by atoms with van der Waals surface area (Å²) >= 11 is 0. The SMILES string of the molecule is CCCc1cc(NN)nc(Cc2ccc(OC)cc2)n1. The maximum absolute atomic E-state index is 5.46. The molecule has 0 radical (unpaired) electrons. The molecule has 1 heterocycles. The lowest BCUT2D eigenvalue weighted by atomic mass is 10.1. The van der Waals surface area contributed by atoms with Crippen molar-refractivity contribution in [2.24, 2.45) is 5.84 Å². The number of nitrogens with two attached hydrogens (primary N) is 1. The zero-order chi connectivity index (χ0) is 14.4. The highest BCUT2D eigenvalue weighted by atomic mass is 16.5. The molecule has 0 unspecified atom stereocenters. The Bertz CT molecular complexity index is 554. The molecule has 0 saturated heterocycles. The maximum Gasteiger partial charge on any atom is 0.143 e. The Morgan fingerprint density at radius 2 is 1.95 bits per heavy atom. The molecular formula is C15H20N4O. The van der Waals surface area contributed by atoms with E-state index in [4.69, 9.17) is 10.6 Å². The first-order valence-corrected chi connectivity index (χ1v) is 6.71. The van der Waals surface area contributed by atoms with Gasteiger partial charge in [0, 0.05) is 18.2 Å². The Morgan fingerprint density at radius 3 is 2.55 bits per heavy atom. The van der Waals surface area contributed by atoms with Gasteiger partial charge in [-0.25, -0.2) is 15.8 Å². The van der Waals surface area contributed by atoms with E-state index in [9.17, 15) is 0 Å². The molecule has 5 nitrogen and oxygen atoms in total. The van der Waals surface area contributed by atoms with Crippen LogP contribution in [-0.2, 0) is 12.8 Å². The number of aromatic nitrogens is 2. The summed E-state index contributed by atoms with van der Waals surface area (Å²) in [4.78, 5) is 8.96. The summed E-state index contributed by atoms with van der Waals surface area (Å²) in [5.74, 6) is 7.74. The quantitative estimate of drug-likeness (QED) is 0.623. The van der Waals surface area contributed by atoms with Crippen molar-refractivity contribution in [2.45, 2.75) is 26.2 Å².